The molecule has 6 nitrogen and oxygen atoms in total. The highest BCUT2D eigenvalue weighted by Gasteiger charge is 2.24. The zero-order valence-corrected chi connectivity index (χ0v) is 12.2. The zero-order valence-electron chi connectivity index (χ0n) is 12.2. The van der Waals surface area contributed by atoms with Crippen molar-refractivity contribution in [3.8, 4) is 0 Å². The van der Waals surface area contributed by atoms with Gasteiger partial charge in [-0.15, -0.1) is 0 Å². The molecule has 0 radical (unpaired) electrons. The first-order chi connectivity index (χ1) is 8.88. The number of carboxylic acids is 1. The number of amides is 2. The molecule has 112 valence electrons. The van der Waals surface area contributed by atoms with Gasteiger partial charge in [-0.25, -0.2) is 9.59 Å². The maximum absolute atomic E-state index is 11.5. The highest BCUT2D eigenvalue weighted by atomic mass is 16.5. The molecule has 0 bridgehead atoms. The number of carboxylic acid groups (broad SMARTS) is 1. The van der Waals surface area contributed by atoms with E-state index < -0.39 is 18.0 Å². The number of hydrogen-bond acceptors (Lipinski definition) is 3. The summed E-state index contributed by atoms with van der Waals surface area (Å²) in [4.78, 5) is 22.6. The second-order valence-corrected chi connectivity index (χ2v) is 5.07. The normalized spacial score (nSPS) is 13.9. The standard InChI is InChI=1S/C13H26N2O4/c1-5-10(4)11(12(16)17)15-13(18)14-6-7-19-8-9(2)3/h9-11H,5-8H2,1-4H3,(H,16,17)(H2,14,15,18)/t10-,11-/m0/s1. The highest BCUT2D eigenvalue weighted by molar-refractivity contribution is 5.82. The van der Waals surface area contributed by atoms with Crippen LogP contribution in [-0.4, -0.2) is 42.9 Å². The van der Waals surface area contributed by atoms with Crippen molar-refractivity contribution < 1.29 is 19.4 Å². The molecule has 0 aliphatic heterocycles. The Morgan fingerprint density at radius 3 is 2.37 bits per heavy atom. The molecule has 2 amide bonds. The molecule has 0 aliphatic rings. The van der Waals surface area contributed by atoms with Gasteiger partial charge in [0.2, 0.25) is 0 Å². The van der Waals surface area contributed by atoms with Crippen LogP contribution >= 0.6 is 0 Å². The molecule has 0 fully saturated rings. The lowest BCUT2D eigenvalue weighted by atomic mass is 9.99. The summed E-state index contributed by atoms with van der Waals surface area (Å²) in [5.74, 6) is -0.670. The molecule has 0 unspecified atom stereocenters. The van der Waals surface area contributed by atoms with Crippen LogP contribution in [0.2, 0.25) is 0 Å². The lowest BCUT2D eigenvalue weighted by molar-refractivity contribution is -0.140. The molecule has 2 atom stereocenters. The third-order valence-electron chi connectivity index (χ3n) is 2.75. The van der Waals surface area contributed by atoms with Crippen LogP contribution in [0.25, 0.3) is 0 Å². The van der Waals surface area contributed by atoms with Crippen LogP contribution in [0.15, 0.2) is 0 Å². The SMILES string of the molecule is CC[C@H](C)[C@H](NC(=O)NCCOCC(C)C)C(=O)O. The van der Waals surface area contributed by atoms with Gasteiger partial charge in [0.05, 0.1) is 6.61 Å². The molecule has 0 saturated heterocycles. The molecule has 0 aliphatic carbocycles. The van der Waals surface area contributed by atoms with Gasteiger partial charge in [0.1, 0.15) is 6.04 Å². The fourth-order valence-electron chi connectivity index (χ4n) is 1.43. The van der Waals surface area contributed by atoms with E-state index in [1.807, 2.05) is 20.8 Å². The van der Waals surface area contributed by atoms with Crippen LogP contribution in [0.3, 0.4) is 0 Å². The molecule has 0 aromatic carbocycles. The van der Waals surface area contributed by atoms with Gasteiger partial charge in [-0.3, -0.25) is 0 Å². The summed E-state index contributed by atoms with van der Waals surface area (Å²) in [5, 5.41) is 14.1. The third kappa shape index (κ3) is 8.42. The van der Waals surface area contributed by atoms with Crippen molar-refractivity contribution in [1.29, 1.82) is 0 Å². The summed E-state index contributed by atoms with van der Waals surface area (Å²) in [6.07, 6.45) is 0.689. The Balaban J connectivity index is 3.91. The number of hydrogen-bond donors (Lipinski definition) is 3. The van der Waals surface area contributed by atoms with Gasteiger partial charge in [0.25, 0.3) is 0 Å². The molecular weight excluding hydrogens is 248 g/mol. The lowest BCUT2D eigenvalue weighted by Gasteiger charge is -2.20. The van der Waals surface area contributed by atoms with Crippen LogP contribution in [0.5, 0.6) is 0 Å². The van der Waals surface area contributed by atoms with Crippen molar-refractivity contribution in [3.63, 3.8) is 0 Å². The maximum atomic E-state index is 11.5. The monoisotopic (exact) mass is 274 g/mol. The van der Waals surface area contributed by atoms with E-state index >= 15 is 0 Å². The van der Waals surface area contributed by atoms with E-state index in [0.29, 0.717) is 32.1 Å². The van der Waals surface area contributed by atoms with Gasteiger partial charge in [0, 0.05) is 13.2 Å². The molecule has 0 heterocycles. The van der Waals surface area contributed by atoms with E-state index in [2.05, 4.69) is 10.6 Å². The average molecular weight is 274 g/mol. The Hall–Kier alpha value is -1.30. The predicted octanol–water partition coefficient (Wildman–Crippen LogP) is 1.46. The van der Waals surface area contributed by atoms with Crippen molar-refractivity contribution in [2.45, 2.75) is 40.2 Å². The van der Waals surface area contributed by atoms with E-state index in [-0.39, 0.29) is 5.92 Å². The van der Waals surface area contributed by atoms with Crippen molar-refractivity contribution in [1.82, 2.24) is 10.6 Å². The van der Waals surface area contributed by atoms with Gasteiger partial charge in [-0.2, -0.15) is 0 Å². The van der Waals surface area contributed by atoms with Crippen LogP contribution in [0.4, 0.5) is 4.79 Å². The van der Waals surface area contributed by atoms with Crippen LogP contribution in [0.1, 0.15) is 34.1 Å². The number of rotatable bonds is 9. The molecule has 3 N–H and O–H groups in total. The number of nitrogens with one attached hydrogen (secondary N) is 2. The summed E-state index contributed by atoms with van der Waals surface area (Å²) in [7, 11) is 0. The number of ether oxygens (including phenoxy) is 1. The van der Waals surface area contributed by atoms with Crippen LogP contribution in [0, 0.1) is 11.8 Å². The number of aliphatic carboxylic acids is 1. The van der Waals surface area contributed by atoms with E-state index in [1.54, 1.807) is 6.92 Å². The number of carbonyl (C=O) groups excluding carboxylic acids is 1. The summed E-state index contributed by atoms with van der Waals surface area (Å²) in [6.45, 7) is 9.21. The Kier molecular flexibility index (Phi) is 8.95. The summed E-state index contributed by atoms with van der Waals surface area (Å²) in [5.41, 5.74) is 0. The molecule has 0 saturated carbocycles. The number of carbonyl (C=O) groups is 2. The minimum absolute atomic E-state index is 0.111. The Morgan fingerprint density at radius 1 is 1.26 bits per heavy atom. The minimum Gasteiger partial charge on any atom is -0.480 e. The van der Waals surface area contributed by atoms with E-state index in [0.717, 1.165) is 0 Å². The van der Waals surface area contributed by atoms with Crippen LogP contribution in [-0.2, 0) is 9.53 Å². The van der Waals surface area contributed by atoms with Gasteiger partial charge in [-0.1, -0.05) is 34.1 Å². The largest absolute Gasteiger partial charge is 0.480 e. The minimum atomic E-state index is -1.01. The van der Waals surface area contributed by atoms with Gasteiger partial charge >= 0.3 is 12.0 Å². The molecular formula is C13H26N2O4. The highest BCUT2D eigenvalue weighted by Crippen LogP contribution is 2.07. The van der Waals surface area contributed by atoms with Crippen molar-refractivity contribution in [3.05, 3.63) is 0 Å². The maximum Gasteiger partial charge on any atom is 0.326 e. The van der Waals surface area contributed by atoms with Crippen molar-refractivity contribution >= 4 is 12.0 Å². The first-order valence-corrected chi connectivity index (χ1v) is 6.73. The Labute approximate surface area is 114 Å². The first kappa shape index (κ1) is 17.7. The quantitative estimate of drug-likeness (QED) is 0.555. The Morgan fingerprint density at radius 2 is 1.89 bits per heavy atom. The van der Waals surface area contributed by atoms with E-state index in [1.165, 1.54) is 0 Å². The molecule has 19 heavy (non-hydrogen) atoms. The third-order valence-corrected chi connectivity index (χ3v) is 2.75. The van der Waals surface area contributed by atoms with Gasteiger partial charge < -0.3 is 20.5 Å². The topological polar surface area (TPSA) is 87.7 Å². The fraction of sp³-hybridized carbons (Fsp3) is 0.846. The summed E-state index contributed by atoms with van der Waals surface area (Å²) in [6, 6.07) is -1.33. The van der Waals surface area contributed by atoms with Crippen molar-refractivity contribution in [2.75, 3.05) is 19.8 Å². The predicted molar refractivity (Wildman–Crippen MR) is 73.1 cm³/mol. The van der Waals surface area contributed by atoms with Gasteiger partial charge in [0.15, 0.2) is 0 Å². The van der Waals surface area contributed by atoms with E-state index in [9.17, 15) is 9.59 Å². The average Bonchev–Trinajstić information content (AvgIpc) is 2.33. The first-order valence-electron chi connectivity index (χ1n) is 6.73. The summed E-state index contributed by atoms with van der Waals surface area (Å²) >= 11 is 0. The smallest absolute Gasteiger partial charge is 0.326 e. The second-order valence-electron chi connectivity index (χ2n) is 5.07. The molecule has 0 aromatic heterocycles. The molecule has 0 aromatic rings. The molecule has 0 rings (SSSR count). The fourth-order valence-corrected chi connectivity index (χ4v) is 1.43. The molecule has 6 heteroatoms. The lowest BCUT2D eigenvalue weighted by Crippen LogP contribution is -2.49. The van der Waals surface area contributed by atoms with Gasteiger partial charge in [-0.05, 0) is 11.8 Å². The zero-order chi connectivity index (χ0) is 14.8. The van der Waals surface area contributed by atoms with Crippen LogP contribution < -0.4 is 10.6 Å². The second kappa shape index (κ2) is 9.61. The van der Waals surface area contributed by atoms with Crippen molar-refractivity contribution in [2.24, 2.45) is 11.8 Å². The Bertz CT molecular complexity index is 282. The summed E-state index contributed by atoms with van der Waals surface area (Å²) < 4.78 is 5.31. The molecule has 0 spiro atoms. The number of urea groups is 1. The van der Waals surface area contributed by atoms with E-state index in [4.69, 9.17) is 9.84 Å².